The molecule has 1 aliphatic rings. The van der Waals surface area contributed by atoms with E-state index in [-0.39, 0.29) is 11.7 Å². The van der Waals surface area contributed by atoms with Crippen LogP contribution >= 0.6 is 0 Å². The Hall–Kier alpha value is -2.50. The van der Waals surface area contributed by atoms with Gasteiger partial charge in [-0.1, -0.05) is 0 Å². The summed E-state index contributed by atoms with van der Waals surface area (Å²) in [6, 6.07) is 6.37. The fourth-order valence-corrected chi connectivity index (χ4v) is 2.64. The Morgan fingerprint density at radius 2 is 2.09 bits per heavy atom. The van der Waals surface area contributed by atoms with E-state index in [1.165, 1.54) is 12.1 Å². The van der Waals surface area contributed by atoms with Gasteiger partial charge in [-0.2, -0.15) is 0 Å². The van der Waals surface area contributed by atoms with Gasteiger partial charge in [0.1, 0.15) is 11.5 Å². The normalized spacial score (nSPS) is 15.3. The number of aryl methyl sites for hydroxylation is 1. The number of imidazole rings is 1. The highest BCUT2D eigenvalue weighted by Crippen LogP contribution is 2.20. The lowest BCUT2D eigenvalue weighted by Crippen LogP contribution is -2.43. The summed E-state index contributed by atoms with van der Waals surface area (Å²) in [6.07, 6.45) is 1.99. The van der Waals surface area contributed by atoms with Crippen molar-refractivity contribution >= 4 is 5.91 Å². The molecule has 2 aromatic rings. The molecule has 0 saturated heterocycles. The van der Waals surface area contributed by atoms with Crippen LogP contribution in [0, 0.1) is 0 Å². The number of aromatic hydroxyl groups is 1. The van der Waals surface area contributed by atoms with E-state index < -0.39 is 6.10 Å². The summed E-state index contributed by atoms with van der Waals surface area (Å²) in [4.78, 5) is 18.7. The van der Waals surface area contributed by atoms with Crippen LogP contribution < -0.4 is 4.74 Å². The third-order valence-electron chi connectivity index (χ3n) is 3.91. The second-order valence-electron chi connectivity index (χ2n) is 5.51. The van der Waals surface area contributed by atoms with Crippen molar-refractivity contribution in [2.75, 3.05) is 6.54 Å². The number of phenols is 1. The van der Waals surface area contributed by atoms with Crippen molar-refractivity contribution in [1.82, 2.24) is 14.5 Å². The first kappa shape index (κ1) is 14.4. The van der Waals surface area contributed by atoms with E-state index >= 15 is 0 Å². The predicted molar refractivity (Wildman–Crippen MR) is 80.5 cm³/mol. The number of hydrogen-bond acceptors (Lipinski definition) is 4. The van der Waals surface area contributed by atoms with E-state index in [9.17, 15) is 9.90 Å². The van der Waals surface area contributed by atoms with E-state index in [0.29, 0.717) is 18.8 Å². The molecule has 22 heavy (non-hydrogen) atoms. The number of amides is 1. The maximum atomic E-state index is 12.5. The smallest absolute Gasteiger partial charge is 0.263 e. The van der Waals surface area contributed by atoms with Crippen molar-refractivity contribution in [2.24, 2.45) is 7.05 Å². The lowest BCUT2D eigenvalue weighted by atomic mass is 10.1. The van der Waals surface area contributed by atoms with Crippen LogP contribution in [-0.2, 0) is 24.8 Å². The highest BCUT2D eigenvalue weighted by Gasteiger charge is 2.27. The van der Waals surface area contributed by atoms with Gasteiger partial charge in [-0.15, -0.1) is 0 Å². The molecule has 1 atom stereocenters. The van der Waals surface area contributed by atoms with Crippen LogP contribution in [0.4, 0.5) is 0 Å². The fraction of sp³-hybridized carbons (Fsp3) is 0.375. The molecule has 1 aliphatic heterocycles. The van der Waals surface area contributed by atoms with Gasteiger partial charge in [0.2, 0.25) is 0 Å². The van der Waals surface area contributed by atoms with Crippen LogP contribution in [0.15, 0.2) is 30.6 Å². The Labute approximate surface area is 129 Å². The molecule has 6 heteroatoms. The summed E-state index contributed by atoms with van der Waals surface area (Å²) in [5.41, 5.74) is 2.15. The Morgan fingerprint density at radius 3 is 2.82 bits per heavy atom. The molecule has 0 saturated carbocycles. The van der Waals surface area contributed by atoms with Crippen LogP contribution in [0.2, 0.25) is 0 Å². The number of rotatable bonds is 3. The zero-order chi connectivity index (χ0) is 15.7. The topological polar surface area (TPSA) is 67.6 Å². The van der Waals surface area contributed by atoms with Gasteiger partial charge >= 0.3 is 0 Å². The van der Waals surface area contributed by atoms with Crippen molar-refractivity contribution in [1.29, 1.82) is 0 Å². The van der Waals surface area contributed by atoms with Crippen LogP contribution in [0.3, 0.4) is 0 Å². The first-order valence-corrected chi connectivity index (χ1v) is 7.28. The average Bonchev–Trinajstić information content (AvgIpc) is 2.89. The van der Waals surface area contributed by atoms with Gasteiger partial charge in [0.25, 0.3) is 5.91 Å². The summed E-state index contributed by atoms with van der Waals surface area (Å²) in [7, 11) is 1.94. The molecular weight excluding hydrogens is 282 g/mol. The third-order valence-corrected chi connectivity index (χ3v) is 3.91. The van der Waals surface area contributed by atoms with E-state index in [4.69, 9.17) is 4.74 Å². The zero-order valence-electron chi connectivity index (χ0n) is 12.7. The van der Waals surface area contributed by atoms with Gasteiger partial charge in [-0.05, 0) is 31.2 Å². The Bertz CT molecular complexity index is 678. The van der Waals surface area contributed by atoms with Crippen molar-refractivity contribution in [3.05, 3.63) is 42.0 Å². The molecule has 1 unspecified atom stereocenters. The Kier molecular flexibility index (Phi) is 3.75. The van der Waals surface area contributed by atoms with Gasteiger partial charge in [-0.3, -0.25) is 4.79 Å². The molecule has 1 aromatic heterocycles. The standard InChI is InChI=1S/C16H19N3O3/c1-11(22-13-5-3-12(20)4-6-13)16(21)19-8-7-14-15(9-19)18(2)10-17-14/h3-6,10-11,20H,7-9H2,1-2H3. The van der Waals surface area contributed by atoms with Crippen LogP contribution in [-0.4, -0.2) is 38.1 Å². The minimum absolute atomic E-state index is 0.0417. The van der Waals surface area contributed by atoms with Gasteiger partial charge in [-0.25, -0.2) is 4.98 Å². The summed E-state index contributed by atoms with van der Waals surface area (Å²) in [6.45, 7) is 2.97. The van der Waals surface area contributed by atoms with Gasteiger partial charge in [0.15, 0.2) is 6.10 Å². The van der Waals surface area contributed by atoms with Gasteiger partial charge in [0, 0.05) is 20.0 Å². The molecule has 116 valence electrons. The molecule has 0 radical (unpaired) electrons. The van der Waals surface area contributed by atoms with E-state index in [2.05, 4.69) is 4.98 Å². The molecule has 0 aliphatic carbocycles. The molecule has 6 nitrogen and oxygen atoms in total. The number of carbonyl (C=O) groups excluding carboxylic acids is 1. The monoisotopic (exact) mass is 301 g/mol. The average molecular weight is 301 g/mol. The van der Waals surface area contributed by atoms with Gasteiger partial charge in [0.05, 0.1) is 24.3 Å². The second-order valence-corrected chi connectivity index (χ2v) is 5.51. The minimum atomic E-state index is -0.570. The van der Waals surface area contributed by atoms with Crippen molar-refractivity contribution in [3.63, 3.8) is 0 Å². The first-order valence-electron chi connectivity index (χ1n) is 7.28. The molecular formula is C16H19N3O3. The quantitative estimate of drug-likeness (QED) is 0.932. The highest BCUT2D eigenvalue weighted by atomic mass is 16.5. The number of fused-ring (bicyclic) bond motifs is 1. The highest BCUT2D eigenvalue weighted by molar-refractivity contribution is 5.81. The Balaban J connectivity index is 1.66. The number of aromatic nitrogens is 2. The molecule has 1 aromatic carbocycles. The molecule has 3 rings (SSSR count). The summed E-state index contributed by atoms with van der Waals surface area (Å²) < 4.78 is 7.62. The number of nitrogens with zero attached hydrogens (tertiary/aromatic N) is 3. The minimum Gasteiger partial charge on any atom is -0.508 e. The Morgan fingerprint density at radius 1 is 1.36 bits per heavy atom. The first-order chi connectivity index (χ1) is 10.5. The number of benzene rings is 1. The van der Waals surface area contributed by atoms with Gasteiger partial charge < -0.3 is 19.3 Å². The SMILES string of the molecule is CC(Oc1ccc(O)cc1)C(=O)N1CCc2ncn(C)c2C1. The molecule has 0 fully saturated rings. The van der Waals surface area contributed by atoms with Crippen LogP contribution in [0.5, 0.6) is 11.5 Å². The van der Waals surface area contributed by atoms with Crippen LogP contribution in [0.1, 0.15) is 18.3 Å². The summed E-state index contributed by atoms with van der Waals surface area (Å²) in [5, 5.41) is 9.26. The molecule has 0 spiro atoms. The number of ether oxygens (including phenoxy) is 1. The number of phenolic OH excluding ortho intramolecular Hbond substituents is 1. The molecule has 1 N–H and O–H groups in total. The van der Waals surface area contributed by atoms with Crippen LogP contribution in [0.25, 0.3) is 0 Å². The predicted octanol–water partition coefficient (Wildman–Crippen LogP) is 1.48. The number of hydrogen-bond donors (Lipinski definition) is 1. The third kappa shape index (κ3) is 2.77. The van der Waals surface area contributed by atoms with E-state index in [1.807, 2.05) is 11.6 Å². The lowest BCUT2D eigenvalue weighted by Gasteiger charge is -2.29. The van der Waals surface area contributed by atoms with Crippen molar-refractivity contribution < 1.29 is 14.6 Å². The molecule has 0 bridgehead atoms. The summed E-state index contributed by atoms with van der Waals surface area (Å²) in [5.74, 6) is 0.697. The lowest BCUT2D eigenvalue weighted by molar-refractivity contribution is -0.139. The molecule has 2 heterocycles. The molecule has 1 amide bonds. The maximum Gasteiger partial charge on any atom is 0.263 e. The fourth-order valence-electron chi connectivity index (χ4n) is 2.64. The van der Waals surface area contributed by atoms with Crippen molar-refractivity contribution in [2.45, 2.75) is 26.0 Å². The maximum absolute atomic E-state index is 12.5. The number of carbonyl (C=O) groups is 1. The summed E-state index contributed by atoms with van der Waals surface area (Å²) >= 11 is 0. The van der Waals surface area contributed by atoms with E-state index in [0.717, 1.165) is 17.8 Å². The zero-order valence-corrected chi connectivity index (χ0v) is 12.7. The van der Waals surface area contributed by atoms with Crippen molar-refractivity contribution in [3.8, 4) is 11.5 Å². The second kappa shape index (κ2) is 5.71. The largest absolute Gasteiger partial charge is 0.508 e. The van der Waals surface area contributed by atoms with E-state index in [1.54, 1.807) is 30.3 Å².